The van der Waals surface area contributed by atoms with E-state index in [0.29, 0.717) is 17.0 Å². The van der Waals surface area contributed by atoms with E-state index in [2.05, 4.69) is 10.2 Å². The lowest BCUT2D eigenvalue weighted by atomic mass is 9.89. The van der Waals surface area contributed by atoms with Crippen LogP contribution in [0.2, 0.25) is 5.02 Å². The number of rotatable bonds is 3. The molecular weight excluding hydrogens is 310 g/mol. The van der Waals surface area contributed by atoms with Crippen molar-refractivity contribution in [2.75, 3.05) is 26.2 Å². The largest absolute Gasteiger partial charge is 0.314 e. The third-order valence-corrected chi connectivity index (χ3v) is 4.84. The first-order valence-corrected chi connectivity index (χ1v) is 8.02. The second-order valence-corrected chi connectivity index (χ2v) is 6.41. The molecule has 0 radical (unpaired) electrons. The molecule has 3 rings (SSSR count). The molecule has 118 valence electrons. The smallest absolute Gasteiger partial charge is 0.125 e. The summed E-state index contributed by atoms with van der Waals surface area (Å²) in [6.07, 6.45) is 5.11. The molecule has 0 aromatic heterocycles. The maximum Gasteiger partial charge on any atom is 0.125 e. The lowest BCUT2D eigenvalue weighted by Gasteiger charge is -2.38. The summed E-state index contributed by atoms with van der Waals surface area (Å²) in [7, 11) is 0. The Balaban J connectivity index is 0.00000161. The molecule has 0 bridgehead atoms. The van der Waals surface area contributed by atoms with Gasteiger partial charge < -0.3 is 5.32 Å². The first kappa shape index (κ1) is 17.0. The molecular formula is C16H23Cl2FN2. The Morgan fingerprint density at radius 3 is 2.43 bits per heavy atom. The Bertz CT molecular complexity index is 437. The van der Waals surface area contributed by atoms with Gasteiger partial charge in [-0.2, -0.15) is 0 Å². The van der Waals surface area contributed by atoms with Gasteiger partial charge in [0.15, 0.2) is 0 Å². The van der Waals surface area contributed by atoms with E-state index in [1.807, 2.05) is 6.07 Å². The number of nitrogens with one attached hydrogen (secondary N) is 1. The monoisotopic (exact) mass is 332 g/mol. The zero-order valence-electron chi connectivity index (χ0n) is 12.2. The highest BCUT2D eigenvalue weighted by atomic mass is 35.5. The molecule has 2 nitrogen and oxygen atoms in total. The van der Waals surface area contributed by atoms with Gasteiger partial charge in [-0.15, -0.1) is 12.4 Å². The molecule has 0 unspecified atom stereocenters. The van der Waals surface area contributed by atoms with Crippen LogP contribution in [-0.2, 0) is 0 Å². The van der Waals surface area contributed by atoms with Crippen LogP contribution in [0.15, 0.2) is 18.2 Å². The quantitative estimate of drug-likeness (QED) is 0.898. The fourth-order valence-electron chi connectivity index (χ4n) is 3.76. The Kier molecular flexibility index (Phi) is 6.30. The summed E-state index contributed by atoms with van der Waals surface area (Å²) in [5, 5.41) is 3.90. The third-order valence-electron chi connectivity index (χ3n) is 4.62. The van der Waals surface area contributed by atoms with Crippen LogP contribution >= 0.6 is 24.0 Å². The molecule has 1 aliphatic heterocycles. The molecule has 1 heterocycles. The van der Waals surface area contributed by atoms with Gasteiger partial charge in [0, 0.05) is 37.2 Å². The maximum atomic E-state index is 13.7. The van der Waals surface area contributed by atoms with E-state index in [1.165, 1.54) is 31.7 Å². The molecule has 0 spiro atoms. The van der Waals surface area contributed by atoms with Gasteiger partial charge in [-0.05, 0) is 42.5 Å². The summed E-state index contributed by atoms with van der Waals surface area (Å²) >= 11 is 6.07. The molecule has 1 atom stereocenters. The predicted molar refractivity (Wildman–Crippen MR) is 87.8 cm³/mol. The van der Waals surface area contributed by atoms with Crippen LogP contribution < -0.4 is 5.32 Å². The summed E-state index contributed by atoms with van der Waals surface area (Å²) < 4.78 is 13.7. The number of hydrogen-bond donors (Lipinski definition) is 1. The number of nitrogens with zero attached hydrogens (tertiary/aromatic N) is 1. The van der Waals surface area contributed by atoms with Crippen LogP contribution in [0.4, 0.5) is 4.39 Å². The molecule has 1 N–H and O–H groups in total. The van der Waals surface area contributed by atoms with Crippen molar-refractivity contribution in [3.63, 3.8) is 0 Å². The molecule has 2 aliphatic rings. The van der Waals surface area contributed by atoms with E-state index < -0.39 is 0 Å². The van der Waals surface area contributed by atoms with Crippen LogP contribution in [0.5, 0.6) is 0 Å². The van der Waals surface area contributed by atoms with Crippen molar-refractivity contribution in [1.29, 1.82) is 0 Å². The lowest BCUT2D eigenvalue weighted by Crippen LogP contribution is -2.46. The summed E-state index contributed by atoms with van der Waals surface area (Å²) in [4.78, 5) is 2.51. The van der Waals surface area contributed by atoms with Crippen LogP contribution in [0.1, 0.15) is 37.3 Å². The van der Waals surface area contributed by atoms with Gasteiger partial charge in [-0.3, -0.25) is 4.90 Å². The van der Waals surface area contributed by atoms with E-state index >= 15 is 0 Å². The van der Waals surface area contributed by atoms with E-state index in [1.54, 1.807) is 6.07 Å². The zero-order chi connectivity index (χ0) is 13.9. The third kappa shape index (κ3) is 4.10. The van der Waals surface area contributed by atoms with Crippen LogP contribution in [-0.4, -0.2) is 31.1 Å². The van der Waals surface area contributed by atoms with Gasteiger partial charge in [0.1, 0.15) is 5.82 Å². The molecule has 1 saturated heterocycles. The highest BCUT2D eigenvalue weighted by Crippen LogP contribution is 2.40. The minimum Gasteiger partial charge on any atom is -0.314 e. The molecule has 1 aliphatic carbocycles. The van der Waals surface area contributed by atoms with Crippen LogP contribution in [0.3, 0.4) is 0 Å². The van der Waals surface area contributed by atoms with E-state index in [-0.39, 0.29) is 18.2 Å². The fraction of sp³-hybridized carbons (Fsp3) is 0.625. The fourth-order valence-corrected chi connectivity index (χ4v) is 3.99. The molecule has 5 heteroatoms. The van der Waals surface area contributed by atoms with Crippen molar-refractivity contribution in [2.24, 2.45) is 5.92 Å². The minimum absolute atomic E-state index is 0. The summed E-state index contributed by atoms with van der Waals surface area (Å²) in [5.74, 6) is 0.427. The molecule has 0 amide bonds. The standard InChI is InChI=1S/C16H22ClFN2.ClH/c17-14-9-13(10-15(18)11-14)16(12-3-1-2-4-12)20-7-5-19-6-8-20;/h9-12,16,19H,1-8H2;1H/t16-;/m0./s1. The number of hydrogen-bond acceptors (Lipinski definition) is 2. The van der Waals surface area contributed by atoms with Crippen molar-refractivity contribution >= 4 is 24.0 Å². The highest BCUT2D eigenvalue weighted by Gasteiger charge is 2.32. The van der Waals surface area contributed by atoms with Gasteiger partial charge in [-0.1, -0.05) is 24.4 Å². The zero-order valence-corrected chi connectivity index (χ0v) is 13.7. The van der Waals surface area contributed by atoms with Gasteiger partial charge in [0.25, 0.3) is 0 Å². The number of benzene rings is 1. The molecule has 1 aromatic rings. The first-order valence-electron chi connectivity index (χ1n) is 7.65. The van der Waals surface area contributed by atoms with Gasteiger partial charge in [-0.25, -0.2) is 4.39 Å². The molecule has 1 saturated carbocycles. The first-order chi connectivity index (χ1) is 9.74. The molecule has 21 heavy (non-hydrogen) atoms. The normalized spacial score (nSPS) is 22.0. The van der Waals surface area contributed by atoms with Crippen molar-refractivity contribution in [2.45, 2.75) is 31.7 Å². The second-order valence-electron chi connectivity index (χ2n) is 5.98. The Morgan fingerprint density at radius 2 is 1.81 bits per heavy atom. The van der Waals surface area contributed by atoms with Crippen molar-refractivity contribution in [3.05, 3.63) is 34.6 Å². The van der Waals surface area contributed by atoms with Gasteiger partial charge >= 0.3 is 0 Å². The van der Waals surface area contributed by atoms with Crippen LogP contribution in [0.25, 0.3) is 0 Å². The van der Waals surface area contributed by atoms with E-state index in [9.17, 15) is 4.39 Å². The van der Waals surface area contributed by atoms with Gasteiger partial charge in [0.05, 0.1) is 0 Å². The SMILES string of the molecule is Cl.Fc1cc(Cl)cc([C@H](C2CCCC2)N2CCNCC2)c1. The Hall–Kier alpha value is -0.350. The van der Waals surface area contributed by atoms with Crippen molar-refractivity contribution < 1.29 is 4.39 Å². The average Bonchev–Trinajstić information content (AvgIpc) is 2.93. The molecule has 2 fully saturated rings. The van der Waals surface area contributed by atoms with Crippen LogP contribution in [0, 0.1) is 11.7 Å². The minimum atomic E-state index is -0.217. The second kappa shape index (κ2) is 7.77. The predicted octanol–water partition coefficient (Wildman–Crippen LogP) is 4.04. The Labute approximate surface area is 137 Å². The summed E-state index contributed by atoms with van der Waals surface area (Å²) in [5.41, 5.74) is 1.06. The lowest BCUT2D eigenvalue weighted by molar-refractivity contribution is 0.125. The van der Waals surface area contributed by atoms with E-state index in [4.69, 9.17) is 11.6 Å². The van der Waals surface area contributed by atoms with Gasteiger partial charge in [0.2, 0.25) is 0 Å². The number of halogens is 3. The summed E-state index contributed by atoms with van der Waals surface area (Å²) in [6, 6.07) is 5.36. The average molecular weight is 333 g/mol. The van der Waals surface area contributed by atoms with E-state index in [0.717, 1.165) is 31.7 Å². The Morgan fingerprint density at radius 1 is 1.14 bits per heavy atom. The molecule has 1 aromatic carbocycles. The topological polar surface area (TPSA) is 15.3 Å². The van der Waals surface area contributed by atoms with Crippen molar-refractivity contribution in [1.82, 2.24) is 10.2 Å². The highest BCUT2D eigenvalue weighted by molar-refractivity contribution is 6.30. The summed E-state index contributed by atoms with van der Waals surface area (Å²) in [6.45, 7) is 4.11. The maximum absolute atomic E-state index is 13.7. The number of piperazine rings is 1. The van der Waals surface area contributed by atoms with Crippen molar-refractivity contribution in [3.8, 4) is 0 Å².